The summed E-state index contributed by atoms with van der Waals surface area (Å²) < 4.78 is 15.9. The van der Waals surface area contributed by atoms with E-state index in [1.54, 1.807) is 32.4 Å². The largest absolute Gasteiger partial charge is 0.493 e. The first-order chi connectivity index (χ1) is 12.0. The van der Waals surface area contributed by atoms with E-state index in [0.29, 0.717) is 22.4 Å². The van der Waals surface area contributed by atoms with Gasteiger partial charge in [0.05, 0.1) is 21.3 Å². The molecule has 0 aliphatic heterocycles. The van der Waals surface area contributed by atoms with Crippen LogP contribution in [0, 0.1) is 0 Å². The number of hydrogen-bond acceptors (Lipinski definition) is 7. The van der Waals surface area contributed by atoms with E-state index in [0.717, 1.165) is 10.6 Å². The van der Waals surface area contributed by atoms with Crippen LogP contribution >= 0.6 is 11.3 Å². The van der Waals surface area contributed by atoms with Gasteiger partial charge in [-0.1, -0.05) is 25.2 Å². The highest BCUT2D eigenvalue weighted by Crippen LogP contribution is 2.38. The van der Waals surface area contributed by atoms with Gasteiger partial charge in [-0.2, -0.15) is 0 Å². The lowest BCUT2D eigenvalue weighted by Gasteiger charge is -2.12. The number of amides is 1. The number of hydrogen-bond donors (Lipinski definition) is 1. The van der Waals surface area contributed by atoms with Crippen LogP contribution in [0.25, 0.3) is 6.08 Å². The fraction of sp³-hybridized carbons (Fsp3) is 0.353. The molecular formula is C17H21N3O4S. The highest BCUT2D eigenvalue weighted by atomic mass is 32.1. The van der Waals surface area contributed by atoms with E-state index in [9.17, 15) is 4.79 Å². The first-order valence-corrected chi connectivity index (χ1v) is 8.42. The molecule has 0 spiro atoms. The highest BCUT2D eigenvalue weighted by molar-refractivity contribution is 7.15. The molecule has 25 heavy (non-hydrogen) atoms. The number of benzene rings is 1. The number of nitrogens with zero attached hydrogens (tertiary/aromatic N) is 2. The van der Waals surface area contributed by atoms with Gasteiger partial charge in [0, 0.05) is 12.0 Å². The van der Waals surface area contributed by atoms with Crippen LogP contribution in [0.3, 0.4) is 0 Å². The Morgan fingerprint density at radius 2 is 1.76 bits per heavy atom. The van der Waals surface area contributed by atoms with Crippen LogP contribution in [0.15, 0.2) is 18.2 Å². The summed E-state index contributed by atoms with van der Waals surface area (Å²) in [7, 11) is 4.62. The number of nitrogens with one attached hydrogen (secondary N) is 1. The van der Waals surface area contributed by atoms with Gasteiger partial charge in [0.1, 0.15) is 5.01 Å². The van der Waals surface area contributed by atoms with Gasteiger partial charge < -0.3 is 14.2 Å². The summed E-state index contributed by atoms with van der Waals surface area (Å²) in [6, 6.07) is 3.51. The fourth-order valence-electron chi connectivity index (χ4n) is 2.03. The van der Waals surface area contributed by atoms with E-state index < -0.39 is 0 Å². The maximum atomic E-state index is 12.1. The molecule has 0 unspecified atom stereocenters. The molecule has 2 aromatic rings. The lowest BCUT2D eigenvalue weighted by atomic mass is 10.1. The second-order valence-electron chi connectivity index (χ2n) is 5.38. The van der Waals surface area contributed by atoms with Crippen molar-refractivity contribution in [3.8, 4) is 17.2 Å². The first kappa shape index (κ1) is 18.7. The Bertz CT molecular complexity index is 746. The molecular weight excluding hydrogens is 342 g/mol. The monoisotopic (exact) mass is 363 g/mol. The Morgan fingerprint density at radius 1 is 1.12 bits per heavy atom. The van der Waals surface area contributed by atoms with Crippen LogP contribution in [0.1, 0.15) is 30.3 Å². The Kier molecular flexibility index (Phi) is 6.35. The molecule has 0 saturated heterocycles. The van der Waals surface area contributed by atoms with E-state index in [1.165, 1.54) is 24.5 Å². The van der Waals surface area contributed by atoms with E-state index in [4.69, 9.17) is 14.2 Å². The molecule has 1 heterocycles. The molecule has 0 aliphatic rings. The molecule has 1 amide bonds. The zero-order chi connectivity index (χ0) is 18.4. The van der Waals surface area contributed by atoms with Crippen molar-refractivity contribution in [1.29, 1.82) is 0 Å². The number of aromatic nitrogens is 2. The maximum absolute atomic E-state index is 12.1. The quantitative estimate of drug-likeness (QED) is 0.760. The molecule has 1 aromatic heterocycles. The molecule has 0 aliphatic carbocycles. The molecule has 1 aromatic carbocycles. The van der Waals surface area contributed by atoms with E-state index in [1.807, 2.05) is 13.8 Å². The third kappa shape index (κ3) is 4.69. The van der Waals surface area contributed by atoms with Crippen molar-refractivity contribution < 1.29 is 19.0 Å². The van der Waals surface area contributed by atoms with Crippen LogP contribution in [-0.4, -0.2) is 37.4 Å². The van der Waals surface area contributed by atoms with Crippen molar-refractivity contribution in [2.75, 3.05) is 26.6 Å². The minimum atomic E-state index is -0.291. The minimum Gasteiger partial charge on any atom is -0.493 e. The van der Waals surface area contributed by atoms with Crippen LogP contribution < -0.4 is 19.5 Å². The molecule has 0 radical (unpaired) electrons. The van der Waals surface area contributed by atoms with Crippen molar-refractivity contribution in [2.45, 2.75) is 19.8 Å². The first-order valence-electron chi connectivity index (χ1n) is 7.61. The van der Waals surface area contributed by atoms with Crippen LogP contribution in [0.5, 0.6) is 17.2 Å². The number of methoxy groups -OCH3 is 3. The predicted molar refractivity (Wildman–Crippen MR) is 97.8 cm³/mol. The Labute approximate surface area is 150 Å². The lowest BCUT2D eigenvalue weighted by molar-refractivity contribution is -0.111. The number of carbonyl (C=O) groups excluding carboxylic acids is 1. The minimum absolute atomic E-state index is 0.276. The van der Waals surface area contributed by atoms with Gasteiger partial charge in [-0.05, 0) is 23.8 Å². The Hall–Kier alpha value is -2.61. The third-order valence-corrected chi connectivity index (χ3v) is 4.42. The zero-order valence-electron chi connectivity index (χ0n) is 14.8. The number of carbonyl (C=O) groups is 1. The van der Waals surface area contributed by atoms with Gasteiger partial charge >= 0.3 is 0 Å². The molecule has 2 rings (SSSR count). The average molecular weight is 363 g/mol. The second-order valence-corrected chi connectivity index (χ2v) is 6.39. The molecule has 134 valence electrons. The molecule has 0 fully saturated rings. The smallest absolute Gasteiger partial charge is 0.250 e. The summed E-state index contributed by atoms with van der Waals surface area (Å²) in [5.41, 5.74) is 0.741. The number of ether oxygens (including phenoxy) is 3. The summed E-state index contributed by atoms with van der Waals surface area (Å²) in [5, 5.41) is 12.0. The molecule has 0 atom stereocenters. The van der Waals surface area contributed by atoms with Gasteiger partial charge in [0.25, 0.3) is 0 Å². The van der Waals surface area contributed by atoms with Crippen molar-refractivity contribution in [3.63, 3.8) is 0 Å². The summed E-state index contributed by atoms with van der Waals surface area (Å²) >= 11 is 1.36. The molecule has 7 nitrogen and oxygen atoms in total. The second kappa shape index (κ2) is 8.48. The summed E-state index contributed by atoms with van der Waals surface area (Å²) in [5.74, 6) is 1.53. The Balaban J connectivity index is 2.13. The van der Waals surface area contributed by atoms with Crippen LogP contribution in [-0.2, 0) is 4.79 Å². The van der Waals surface area contributed by atoms with Gasteiger partial charge in [-0.15, -0.1) is 10.2 Å². The van der Waals surface area contributed by atoms with E-state index in [-0.39, 0.29) is 11.8 Å². The standard InChI is InChI=1S/C17H21N3O4S/c1-10(2)16-19-20-17(25-16)18-14(21)7-6-11-8-12(22-3)15(24-5)13(9-11)23-4/h6-10H,1-5H3,(H,18,20,21). The van der Waals surface area contributed by atoms with E-state index >= 15 is 0 Å². The van der Waals surface area contributed by atoms with Gasteiger partial charge in [-0.3, -0.25) is 10.1 Å². The number of rotatable bonds is 7. The lowest BCUT2D eigenvalue weighted by Crippen LogP contribution is -2.07. The van der Waals surface area contributed by atoms with Gasteiger partial charge in [0.15, 0.2) is 11.5 Å². The predicted octanol–water partition coefficient (Wildman–Crippen LogP) is 3.34. The van der Waals surface area contributed by atoms with Crippen LogP contribution in [0.4, 0.5) is 5.13 Å². The molecule has 8 heteroatoms. The maximum Gasteiger partial charge on any atom is 0.250 e. The SMILES string of the molecule is COc1cc(C=CC(=O)Nc2nnc(C(C)C)s2)cc(OC)c1OC. The fourth-order valence-corrected chi connectivity index (χ4v) is 2.78. The normalized spacial score (nSPS) is 11.0. The molecule has 1 N–H and O–H groups in total. The summed E-state index contributed by atoms with van der Waals surface area (Å²) in [6.07, 6.45) is 3.07. The molecule has 0 bridgehead atoms. The van der Waals surface area contributed by atoms with E-state index in [2.05, 4.69) is 15.5 Å². The number of anilines is 1. The van der Waals surface area contributed by atoms with Crippen molar-refractivity contribution in [3.05, 3.63) is 28.8 Å². The summed E-state index contributed by atoms with van der Waals surface area (Å²) in [4.78, 5) is 12.1. The zero-order valence-corrected chi connectivity index (χ0v) is 15.6. The van der Waals surface area contributed by atoms with Crippen molar-refractivity contribution >= 4 is 28.5 Å². The summed E-state index contributed by atoms with van der Waals surface area (Å²) in [6.45, 7) is 4.05. The van der Waals surface area contributed by atoms with Gasteiger partial charge in [0.2, 0.25) is 16.8 Å². The third-order valence-electron chi connectivity index (χ3n) is 3.28. The van der Waals surface area contributed by atoms with Crippen LogP contribution in [0.2, 0.25) is 0 Å². The molecule has 0 saturated carbocycles. The van der Waals surface area contributed by atoms with Crippen molar-refractivity contribution in [1.82, 2.24) is 10.2 Å². The average Bonchev–Trinajstić information content (AvgIpc) is 3.07. The topological polar surface area (TPSA) is 82.6 Å². The van der Waals surface area contributed by atoms with Gasteiger partial charge in [-0.25, -0.2) is 0 Å². The highest BCUT2D eigenvalue weighted by Gasteiger charge is 2.12. The Morgan fingerprint density at radius 3 is 2.24 bits per heavy atom. The van der Waals surface area contributed by atoms with Crippen molar-refractivity contribution in [2.24, 2.45) is 0 Å².